The zero-order valence-corrected chi connectivity index (χ0v) is 26.6. The molecule has 0 fully saturated rings. The van der Waals surface area contributed by atoms with E-state index in [2.05, 4.69) is 34.7 Å². The summed E-state index contributed by atoms with van der Waals surface area (Å²) < 4.78 is 0. The van der Waals surface area contributed by atoms with Crippen LogP contribution >= 0.6 is 46.4 Å². The summed E-state index contributed by atoms with van der Waals surface area (Å²) in [6.07, 6.45) is 1.86. The van der Waals surface area contributed by atoms with Crippen LogP contribution in [0.4, 0.5) is 0 Å². The van der Waals surface area contributed by atoms with Crippen LogP contribution < -0.4 is 16.0 Å². The third-order valence-electron chi connectivity index (χ3n) is 6.53. The van der Waals surface area contributed by atoms with Gasteiger partial charge in [0.15, 0.2) is 0 Å². The molecule has 41 heavy (non-hydrogen) atoms. The first kappa shape index (κ1) is 35.3. The Kier molecular flexibility index (Phi) is 16.6. The van der Waals surface area contributed by atoms with Crippen molar-refractivity contribution in [3.05, 3.63) is 67.6 Å². The van der Waals surface area contributed by atoms with E-state index < -0.39 is 5.91 Å². The number of amides is 3. The lowest BCUT2D eigenvalue weighted by atomic mass is 10.1. The number of hydrogen-bond acceptors (Lipinski definition) is 6. The third kappa shape index (κ3) is 13.3. The highest BCUT2D eigenvalue weighted by Gasteiger charge is 2.22. The van der Waals surface area contributed by atoms with Gasteiger partial charge in [-0.3, -0.25) is 19.3 Å². The smallest absolute Gasteiger partial charge is 0.248 e. The highest BCUT2D eigenvalue weighted by Crippen LogP contribution is 2.22. The first-order chi connectivity index (χ1) is 19.6. The van der Waals surface area contributed by atoms with Gasteiger partial charge < -0.3 is 20.9 Å². The molecule has 0 heterocycles. The van der Waals surface area contributed by atoms with Gasteiger partial charge in [-0.15, -0.1) is 0 Å². The molecule has 0 radical (unpaired) electrons. The van der Waals surface area contributed by atoms with Crippen molar-refractivity contribution in [2.45, 2.75) is 33.1 Å². The normalized spacial score (nSPS) is 11.1. The monoisotopic (exact) mass is 645 g/mol. The largest absolute Gasteiger partial charge is 0.346 e. The van der Waals surface area contributed by atoms with Gasteiger partial charge in [-0.25, -0.2) is 0 Å². The van der Waals surface area contributed by atoms with Gasteiger partial charge in [0.2, 0.25) is 17.7 Å². The molecule has 0 aliphatic heterocycles. The summed E-state index contributed by atoms with van der Waals surface area (Å²) in [4.78, 5) is 41.9. The zero-order chi connectivity index (χ0) is 30.2. The average Bonchev–Trinajstić information content (AvgIpc) is 2.94. The summed E-state index contributed by atoms with van der Waals surface area (Å²) in [6, 6.07) is 10.4. The maximum absolute atomic E-state index is 13.0. The lowest BCUT2D eigenvalue weighted by Crippen LogP contribution is -2.48. The average molecular weight is 647 g/mol. The molecular weight excluding hydrogens is 608 g/mol. The molecule has 2 aromatic carbocycles. The Hall–Kier alpha value is -1.91. The predicted octanol–water partition coefficient (Wildman–Crippen LogP) is 4.47. The van der Waals surface area contributed by atoms with Crippen LogP contribution in [0.15, 0.2) is 36.4 Å². The van der Waals surface area contributed by atoms with E-state index in [4.69, 9.17) is 46.4 Å². The van der Waals surface area contributed by atoms with Gasteiger partial charge in [-0.2, -0.15) is 0 Å². The molecule has 3 N–H and O–H groups in total. The Morgan fingerprint density at radius 1 is 0.707 bits per heavy atom. The van der Waals surface area contributed by atoms with Crippen LogP contribution in [0.25, 0.3) is 0 Å². The number of nitrogens with one attached hydrogen (secondary N) is 3. The molecule has 0 spiro atoms. The van der Waals surface area contributed by atoms with Crippen LogP contribution in [0.1, 0.15) is 31.4 Å². The number of halogens is 4. The molecule has 0 aliphatic rings. The molecule has 0 bridgehead atoms. The van der Waals surface area contributed by atoms with Crippen molar-refractivity contribution in [3.63, 3.8) is 0 Å². The number of imide groups is 1. The van der Waals surface area contributed by atoms with Crippen LogP contribution in [0.2, 0.25) is 20.1 Å². The number of rotatable bonds is 18. The van der Waals surface area contributed by atoms with Crippen molar-refractivity contribution < 1.29 is 14.4 Å². The van der Waals surface area contributed by atoms with Gasteiger partial charge >= 0.3 is 0 Å². The SMILES string of the molecule is CCN(CC)CCCNCC(=O)N(CCc1ccc(Cl)cc1Cl)C(=O)CNC(=O)CNCCc1ccc(Cl)cc1Cl. The molecule has 2 rings (SSSR count). The molecular formula is C29H39Cl4N5O3. The predicted molar refractivity (Wildman–Crippen MR) is 168 cm³/mol. The lowest BCUT2D eigenvalue weighted by Gasteiger charge is -2.22. The summed E-state index contributed by atoms with van der Waals surface area (Å²) in [5.74, 6) is -1.22. The summed E-state index contributed by atoms with van der Waals surface area (Å²) >= 11 is 24.4. The maximum atomic E-state index is 13.0. The van der Waals surface area contributed by atoms with E-state index in [-0.39, 0.29) is 38.0 Å². The fraction of sp³-hybridized carbons (Fsp3) is 0.483. The fourth-order valence-electron chi connectivity index (χ4n) is 4.08. The van der Waals surface area contributed by atoms with Gasteiger partial charge in [0.25, 0.3) is 0 Å². The van der Waals surface area contributed by atoms with Crippen molar-refractivity contribution in [2.24, 2.45) is 0 Å². The van der Waals surface area contributed by atoms with Gasteiger partial charge in [0.1, 0.15) is 0 Å². The summed E-state index contributed by atoms with van der Waals surface area (Å²) in [7, 11) is 0. The van der Waals surface area contributed by atoms with E-state index >= 15 is 0 Å². The molecule has 226 valence electrons. The van der Waals surface area contributed by atoms with Gasteiger partial charge in [-0.05, 0) is 87.4 Å². The number of benzene rings is 2. The van der Waals surface area contributed by atoms with E-state index in [9.17, 15) is 14.4 Å². The topological polar surface area (TPSA) is 93.8 Å². The molecule has 8 nitrogen and oxygen atoms in total. The quantitative estimate of drug-likeness (QED) is 0.207. The summed E-state index contributed by atoms with van der Waals surface area (Å²) in [6.45, 7) is 8.12. The van der Waals surface area contributed by atoms with Gasteiger partial charge in [-0.1, -0.05) is 72.4 Å². The van der Waals surface area contributed by atoms with E-state index in [0.29, 0.717) is 46.0 Å². The molecule has 0 aromatic heterocycles. The minimum absolute atomic E-state index is 0.0148. The lowest BCUT2D eigenvalue weighted by molar-refractivity contribution is -0.144. The first-order valence-corrected chi connectivity index (χ1v) is 15.3. The maximum Gasteiger partial charge on any atom is 0.248 e. The third-order valence-corrected chi connectivity index (χ3v) is 7.70. The number of carbonyl (C=O) groups excluding carboxylic acids is 3. The Bertz CT molecular complexity index is 1150. The van der Waals surface area contributed by atoms with Gasteiger partial charge in [0, 0.05) is 26.6 Å². The number of nitrogens with zero attached hydrogens (tertiary/aromatic N) is 2. The highest BCUT2D eigenvalue weighted by molar-refractivity contribution is 6.35. The molecule has 0 unspecified atom stereocenters. The summed E-state index contributed by atoms with van der Waals surface area (Å²) in [5, 5.41) is 10.9. The van der Waals surface area contributed by atoms with E-state index in [0.717, 1.165) is 37.2 Å². The van der Waals surface area contributed by atoms with Crippen molar-refractivity contribution in [1.29, 1.82) is 0 Å². The van der Waals surface area contributed by atoms with Crippen LogP contribution in [-0.4, -0.2) is 86.4 Å². The van der Waals surface area contributed by atoms with Gasteiger partial charge in [0.05, 0.1) is 19.6 Å². The Labute approximate surface area is 263 Å². The Morgan fingerprint density at radius 2 is 1.27 bits per heavy atom. The summed E-state index contributed by atoms with van der Waals surface area (Å²) in [5.41, 5.74) is 1.68. The van der Waals surface area contributed by atoms with E-state index in [1.165, 1.54) is 4.90 Å². The fourth-order valence-corrected chi connectivity index (χ4v) is 5.09. The van der Waals surface area contributed by atoms with Crippen molar-refractivity contribution >= 4 is 64.1 Å². The Morgan fingerprint density at radius 3 is 1.85 bits per heavy atom. The van der Waals surface area contributed by atoms with E-state index in [1.807, 2.05) is 6.07 Å². The number of carbonyl (C=O) groups is 3. The molecule has 0 saturated carbocycles. The first-order valence-electron chi connectivity index (χ1n) is 13.8. The standard InChI is InChI=1S/C29H39Cl4N5O3/c1-3-37(4-2)14-5-12-34-19-28(40)38(15-11-22-7-9-24(31)17-26(22)33)29(41)20-36-27(39)18-35-13-10-21-6-8-23(30)16-25(21)32/h6-9,16-17,34-35H,3-5,10-15,18-20H2,1-2H3,(H,36,39). The number of hydrogen-bond donors (Lipinski definition) is 3. The van der Waals surface area contributed by atoms with Crippen molar-refractivity contribution in [2.75, 3.05) is 58.9 Å². The van der Waals surface area contributed by atoms with Crippen LogP contribution in [0, 0.1) is 0 Å². The minimum atomic E-state index is -0.494. The Balaban J connectivity index is 1.86. The molecule has 2 aromatic rings. The minimum Gasteiger partial charge on any atom is -0.346 e. The second-order valence-corrected chi connectivity index (χ2v) is 11.1. The van der Waals surface area contributed by atoms with Crippen molar-refractivity contribution in [3.8, 4) is 0 Å². The molecule has 0 saturated heterocycles. The van der Waals surface area contributed by atoms with Crippen LogP contribution in [0.3, 0.4) is 0 Å². The molecule has 0 atom stereocenters. The molecule has 3 amide bonds. The second-order valence-electron chi connectivity index (χ2n) is 9.42. The zero-order valence-electron chi connectivity index (χ0n) is 23.6. The molecule has 0 aliphatic carbocycles. The highest BCUT2D eigenvalue weighted by atomic mass is 35.5. The second kappa shape index (κ2) is 19.3. The van der Waals surface area contributed by atoms with E-state index in [1.54, 1.807) is 30.3 Å². The van der Waals surface area contributed by atoms with Crippen LogP contribution in [0.5, 0.6) is 0 Å². The van der Waals surface area contributed by atoms with Crippen LogP contribution in [-0.2, 0) is 27.2 Å². The van der Waals surface area contributed by atoms with Crippen molar-refractivity contribution in [1.82, 2.24) is 25.8 Å². The molecule has 12 heteroatoms.